The summed E-state index contributed by atoms with van der Waals surface area (Å²) in [6.45, 7) is 3.47. The Morgan fingerprint density at radius 3 is 2.67 bits per heavy atom. The molecule has 0 aliphatic carbocycles. The zero-order chi connectivity index (χ0) is 7.11. The van der Waals surface area contributed by atoms with E-state index in [1.807, 2.05) is 0 Å². The highest BCUT2D eigenvalue weighted by Gasteiger charge is 1.71. The average Bonchev–Trinajstić information content (AvgIpc) is 1.89. The maximum Gasteiger partial charge on any atom is 0.0824 e. The van der Waals surface area contributed by atoms with E-state index in [1.54, 1.807) is 24.3 Å². The summed E-state index contributed by atoms with van der Waals surface area (Å²) in [5.41, 5.74) is 5.68. The first-order valence-electron chi connectivity index (χ1n) is 2.52. The number of allylic oxidation sites excluding steroid dienone is 5. The van der Waals surface area contributed by atoms with Gasteiger partial charge in [-0.3, -0.25) is 0 Å². The van der Waals surface area contributed by atoms with Gasteiger partial charge in [0.2, 0.25) is 0 Å². The molecule has 1 nitrogen and oxygen atoms in total. The molecule has 0 radical (unpaired) electrons. The molecule has 0 aromatic carbocycles. The highest BCUT2D eigenvalue weighted by molar-refractivity contribution is 5.26. The Morgan fingerprint density at radius 2 is 2.22 bits per heavy atom. The number of terminal acetylenes is 1. The zero-order valence-electron chi connectivity index (χ0n) is 5.17. The van der Waals surface area contributed by atoms with E-state index in [1.165, 1.54) is 0 Å². The van der Waals surface area contributed by atoms with Crippen LogP contribution in [-0.4, -0.2) is 0 Å². The second kappa shape index (κ2) is 4.73. The minimum atomic E-state index is 0.424. The lowest BCUT2D eigenvalue weighted by Gasteiger charge is -1.79. The molecule has 9 heavy (non-hydrogen) atoms. The first-order chi connectivity index (χ1) is 4.31. The molecule has 0 aliphatic rings. The van der Waals surface area contributed by atoms with E-state index in [-0.39, 0.29) is 0 Å². The van der Waals surface area contributed by atoms with Crippen molar-refractivity contribution in [2.24, 2.45) is 5.73 Å². The maximum atomic E-state index is 5.25. The third-order valence-corrected chi connectivity index (χ3v) is 0.690. The van der Waals surface area contributed by atoms with Gasteiger partial charge in [0, 0.05) is 0 Å². The van der Waals surface area contributed by atoms with Crippen molar-refractivity contribution in [3.05, 3.63) is 36.6 Å². The fourth-order valence-corrected chi connectivity index (χ4v) is 0.286. The van der Waals surface area contributed by atoms with E-state index >= 15 is 0 Å². The largest absolute Gasteiger partial charge is 0.392 e. The molecule has 2 N–H and O–H groups in total. The summed E-state index contributed by atoms with van der Waals surface area (Å²) >= 11 is 0. The van der Waals surface area contributed by atoms with E-state index in [4.69, 9.17) is 12.2 Å². The van der Waals surface area contributed by atoms with Crippen LogP contribution in [0.3, 0.4) is 0 Å². The number of nitrogens with two attached hydrogens (primary N) is 1. The molecular formula is C8H9N. The van der Waals surface area contributed by atoms with Gasteiger partial charge in [-0.1, -0.05) is 30.7 Å². The fraction of sp³-hybridized carbons (Fsp3) is 0. The van der Waals surface area contributed by atoms with Crippen molar-refractivity contribution in [2.75, 3.05) is 0 Å². The van der Waals surface area contributed by atoms with Crippen LogP contribution in [0.4, 0.5) is 0 Å². The SMILES string of the molecule is C#C/C(N)=C/C=C\C=C. The lowest BCUT2D eigenvalue weighted by Crippen LogP contribution is -1.90. The summed E-state index contributed by atoms with van der Waals surface area (Å²) in [5, 5.41) is 0. The molecule has 0 amide bonds. The molecule has 0 heterocycles. The minimum Gasteiger partial charge on any atom is -0.392 e. The van der Waals surface area contributed by atoms with Crippen molar-refractivity contribution >= 4 is 0 Å². The van der Waals surface area contributed by atoms with Crippen LogP contribution in [0.25, 0.3) is 0 Å². The fourth-order valence-electron chi connectivity index (χ4n) is 0.286. The molecule has 0 aliphatic heterocycles. The zero-order valence-corrected chi connectivity index (χ0v) is 5.17. The van der Waals surface area contributed by atoms with Gasteiger partial charge in [0.15, 0.2) is 0 Å². The molecule has 0 saturated carbocycles. The average molecular weight is 119 g/mol. The first kappa shape index (κ1) is 7.58. The van der Waals surface area contributed by atoms with Crippen LogP contribution in [0.15, 0.2) is 36.6 Å². The summed E-state index contributed by atoms with van der Waals surface area (Å²) < 4.78 is 0. The second-order valence-electron chi connectivity index (χ2n) is 1.39. The van der Waals surface area contributed by atoms with Gasteiger partial charge in [0.25, 0.3) is 0 Å². The highest BCUT2D eigenvalue weighted by Crippen LogP contribution is 1.81. The summed E-state index contributed by atoms with van der Waals surface area (Å²) in [5.74, 6) is 2.28. The van der Waals surface area contributed by atoms with Gasteiger partial charge >= 0.3 is 0 Å². The van der Waals surface area contributed by atoms with Gasteiger partial charge in [-0.15, -0.1) is 6.42 Å². The van der Waals surface area contributed by atoms with Gasteiger partial charge in [-0.25, -0.2) is 0 Å². The Balaban J connectivity index is 3.86. The van der Waals surface area contributed by atoms with Crippen LogP contribution in [-0.2, 0) is 0 Å². The molecular weight excluding hydrogens is 110 g/mol. The number of hydrogen-bond acceptors (Lipinski definition) is 1. The molecule has 1 heteroatoms. The van der Waals surface area contributed by atoms with Crippen molar-refractivity contribution in [3.8, 4) is 12.3 Å². The second-order valence-corrected chi connectivity index (χ2v) is 1.39. The lowest BCUT2D eigenvalue weighted by molar-refractivity contribution is 1.47. The van der Waals surface area contributed by atoms with Crippen LogP contribution in [0.5, 0.6) is 0 Å². The maximum absolute atomic E-state index is 5.25. The molecule has 0 spiro atoms. The number of rotatable bonds is 2. The summed E-state index contributed by atoms with van der Waals surface area (Å²) in [4.78, 5) is 0. The van der Waals surface area contributed by atoms with Crippen molar-refractivity contribution < 1.29 is 0 Å². The molecule has 0 aromatic rings. The van der Waals surface area contributed by atoms with Crippen LogP contribution in [0.2, 0.25) is 0 Å². The predicted molar refractivity (Wildman–Crippen MR) is 40.4 cm³/mol. The molecule has 0 atom stereocenters. The van der Waals surface area contributed by atoms with Crippen LogP contribution in [0.1, 0.15) is 0 Å². The molecule has 0 aromatic heterocycles. The summed E-state index contributed by atoms with van der Waals surface area (Å²) in [7, 11) is 0. The van der Waals surface area contributed by atoms with Gasteiger partial charge in [-0.2, -0.15) is 0 Å². The smallest absolute Gasteiger partial charge is 0.0824 e. The number of hydrogen-bond donors (Lipinski definition) is 1. The van der Waals surface area contributed by atoms with Gasteiger partial charge in [0.05, 0.1) is 5.70 Å². The van der Waals surface area contributed by atoms with E-state index in [9.17, 15) is 0 Å². The lowest BCUT2D eigenvalue weighted by atomic mass is 10.4. The Hall–Kier alpha value is -1.42. The molecule has 0 fully saturated rings. The Bertz CT molecular complexity index is 179. The normalized spacial score (nSPS) is 11.2. The van der Waals surface area contributed by atoms with Crippen molar-refractivity contribution in [1.82, 2.24) is 0 Å². The van der Waals surface area contributed by atoms with Gasteiger partial charge in [0.1, 0.15) is 0 Å². The van der Waals surface area contributed by atoms with E-state index < -0.39 is 0 Å². The first-order valence-corrected chi connectivity index (χ1v) is 2.52. The molecule has 0 rings (SSSR count). The van der Waals surface area contributed by atoms with Crippen LogP contribution < -0.4 is 5.73 Å². The minimum absolute atomic E-state index is 0.424. The van der Waals surface area contributed by atoms with E-state index in [2.05, 4.69) is 12.5 Å². The van der Waals surface area contributed by atoms with Gasteiger partial charge < -0.3 is 5.73 Å². The molecule has 0 bridgehead atoms. The highest BCUT2D eigenvalue weighted by atomic mass is 14.5. The predicted octanol–water partition coefficient (Wildman–Crippen LogP) is 1.20. The molecule has 0 unspecified atom stereocenters. The third-order valence-electron chi connectivity index (χ3n) is 0.690. The topological polar surface area (TPSA) is 26.0 Å². The van der Waals surface area contributed by atoms with Gasteiger partial charge in [-0.05, 0) is 6.08 Å². The van der Waals surface area contributed by atoms with Crippen molar-refractivity contribution in [2.45, 2.75) is 0 Å². The van der Waals surface area contributed by atoms with Crippen LogP contribution in [0, 0.1) is 12.3 Å². The Kier molecular flexibility index (Phi) is 3.99. The van der Waals surface area contributed by atoms with Crippen molar-refractivity contribution in [1.29, 1.82) is 0 Å². The third kappa shape index (κ3) is 4.43. The van der Waals surface area contributed by atoms with E-state index in [0.29, 0.717) is 5.70 Å². The van der Waals surface area contributed by atoms with Crippen LogP contribution >= 0.6 is 0 Å². The standard InChI is InChI=1S/C8H9N/c1-3-5-6-7-8(9)4-2/h2-3,5-7H,1,9H2/b6-5-,8-7-. The summed E-state index contributed by atoms with van der Waals surface area (Å²) in [6, 6.07) is 0. The molecule has 46 valence electrons. The van der Waals surface area contributed by atoms with Crippen molar-refractivity contribution in [3.63, 3.8) is 0 Å². The Morgan fingerprint density at radius 1 is 1.56 bits per heavy atom. The molecule has 0 saturated heterocycles. The Labute approximate surface area is 55.6 Å². The van der Waals surface area contributed by atoms with E-state index in [0.717, 1.165) is 0 Å². The quantitative estimate of drug-likeness (QED) is 0.429. The summed E-state index contributed by atoms with van der Waals surface area (Å²) in [6.07, 6.45) is 11.7. The monoisotopic (exact) mass is 119 g/mol.